The van der Waals surface area contributed by atoms with Gasteiger partial charge in [0.25, 0.3) is 0 Å². The van der Waals surface area contributed by atoms with Gasteiger partial charge in [0, 0.05) is 59.4 Å². The number of pyridine rings is 3. The molecule has 0 spiro atoms. The summed E-state index contributed by atoms with van der Waals surface area (Å²) >= 11 is 0. The fourth-order valence-electron chi connectivity index (χ4n) is 3.54. The van der Waals surface area contributed by atoms with E-state index in [0.717, 1.165) is 11.1 Å². The molecule has 0 saturated heterocycles. The van der Waals surface area contributed by atoms with Gasteiger partial charge in [-0.1, -0.05) is 6.07 Å². The molecule has 0 aliphatic heterocycles. The minimum absolute atomic E-state index is 0.225. The van der Waals surface area contributed by atoms with Crippen LogP contribution < -0.4 is 0 Å². The zero-order chi connectivity index (χ0) is 20.8. The van der Waals surface area contributed by atoms with Crippen LogP contribution in [0.1, 0.15) is 0 Å². The van der Waals surface area contributed by atoms with Gasteiger partial charge in [0.05, 0.1) is 5.39 Å². The van der Waals surface area contributed by atoms with Gasteiger partial charge in [0.1, 0.15) is 23.4 Å². The van der Waals surface area contributed by atoms with E-state index in [1.54, 1.807) is 18.6 Å². The SMILES string of the molecule is Fc1c(-c2cncnc2)cnc2[nH]nc(-c3nc4c(-c5cccnc5)ccnc4[nH]3)c12. The number of nitrogens with zero attached hydrogens (tertiary/aromatic N) is 7. The van der Waals surface area contributed by atoms with E-state index < -0.39 is 5.82 Å². The van der Waals surface area contributed by atoms with Crippen LogP contribution in [0, 0.1) is 5.82 Å². The van der Waals surface area contributed by atoms with E-state index in [1.165, 1.54) is 24.9 Å². The van der Waals surface area contributed by atoms with Crippen molar-refractivity contribution in [2.75, 3.05) is 0 Å². The summed E-state index contributed by atoms with van der Waals surface area (Å²) in [4.78, 5) is 28.6. The minimum atomic E-state index is -0.482. The van der Waals surface area contributed by atoms with Gasteiger partial charge < -0.3 is 4.98 Å². The maximum atomic E-state index is 15.5. The molecule has 0 fully saturated rings. The van der Waals surface area contributed by atoms with Gasteiger partial charge in [-0.15, -0.1) is 0 Å². The van der Waals surface area contributed by atoms with Gasteiger partial charge in [-0.2, -0.15) is 5.10 Å². The first-order chi connectivity index (χ1) is 15.3. The average molecular weight is 409 g/mol. The molecule has 0 bridgehead atoms. The number of rotatable bonds is 3. The summed E-state index contributed by atoms with van der Waals surface area (Å²) in [7, 11) is 0. The highest BCUT2D eigenvalue weighted by atomic mass is 19.1. The molecule has 0 amide bonds. The van der Waals surface area contributed by atoms with Crippen molar-refractivity contribution in [3.63, 3.8) is 0 Å². The number of hydrogen-bond donors (Lipinski definition) is 2. The summed E-state index contributed by atoms with van der Waals surface area (Å²) in [6, 6.07) is 5.66. The second-order valence-corrected chi connectivity index (χ2v) is 6.79. The summed E-state index contributed by atoms with van der Waals surface area (Å²) in [5.74, 6) is -0.100. The highest BCUT2D eigenvalue weighted by Crippen LogP contribution is 2.33. The van der Waals surface area contributed by atoms with Crippen molar-refractivity contribution >= 4 is 22.2 Å². The van der Waals surface area contributed by atoms with Crippen LogP contribution in [0.15, 0.2) is 61.7 Å². The van der Waals surface area contributed by atoms with Crippen LogP contribution in [-0.2, 0) is 0 Å². The van der Waals surface area contributed by atoms with Gasteiger partial charge in [0.15, 0.2) is 17.1 Å². The number of H-pyrrole nitrogens is 2. The van der Waals surface area contributed by atoms with E-state index in [-0.39, 0.29) is 10.9 Å². The lowest BCUT2D eigenvalue weighted by Gasteiger charge is -2.03. The number of nitrogens with one attached hydrogen (secondary N) is 2. The van der Waals surface area contributed by atoms with E-state index >= 15 is 4.39 Å². The van der Waals surface area contributed by atoms with Gasteiger partial charge in [0.2, 0.25) is 0 Å². The number of hydrogen-bond acceptors (Lipinski definition) is 7. The van der Waals surface area contributed by atoms with Gasteiger partial charge in [-0.3, -0.25) is 10.1 Å². The molecule has 9 nitrogen and oxygen atoms in total. The Balaban J connectivity index is 1.56. The first kappa shape index (κ1) is 17.3. The lowest BCUT2D eigenvalue weighted by Crippen LogP contribution is -1.91. The Labute approximate surface area is 173 Å². The molecule has 6 rings (SSSR count). The first-order valence-corrected chi connectivity index (χ1v) is 9.33. The van der Waals surface area contributed by atoms with E-state index in [4.69, 9.17) is 0 Å². The van der Waals surface area contributed by atoms with E-state index in [1.807, 2.05) is 18.2 Å². The Morgan fingerprint density at radius 2 is 1.68 bits per heavy atom. The van der Waals surface area contributed by atoms with Crippen LogP contribution in [0.4, 0.5) is 4.39 Å². The largest absolute Gasteiger partial charge is 0.321 e. The van der Waals surface area contributed by atoms with Gasteiger partial charge in [-0.25, -0.2) is 29.3 Å². The van der Waals surface area contributed by atoms with Crippen molar-refractivity contribution in [2.24, 2.45) is 0 Å². The normalized spacial score (nSPS) is 11.4. The third-order valence-electron chi connectivity index (χ3n) is 4.98. The summed E-state index contributed by atoms with van der Waals surface area (Å²) in [6.07, 6.45) is 11.0. The Hall–Kier alpha value is -4.60. The standard InChI is InChI=1S/C21H12FN9/c22-16-14(12-7-24-10-25-8-12)9-27-19-15(16)18(30-31-19)21-28-17-13(3-5-26-20(17)29-21)11-2-1-4-23-6-11/h1-10H,(H,26,28,29)(H,27,30,31). The molecule has 0 atom stereocenters. The molecule has 0 aliphatic rings. The Morgan fingerprint density at radius 1 is 0.806 bits per heavy atom. The zero-order valence-corrected chi connectivity index (χ0v) is 15.8. The number of aromatic amines is 2. The molecule has 6 aromatic rings. The van der Waals surface area contributed by atoms with Crippen molar-refractivity contribution in [3.8, 4) is 33.8 Å². The second-order valence-electron chi connectivity index (χ2n) is 6.79. The van der Waals surface area contributed by atoms with Crippen LogP contribution in [-0.4, -0.2) is 45.1 Å². The van der Waals surface area contributed by atoms with E-state index in [9.17, 15) is 0 Å². The third kappa shape index (κ3) is 2.73. The average Bonchev–Trinajstić information content (AvgIpc) is 3.45. The first-order valence-electron chi connectivity index (χ1n) is 9.33. The number of aromatic nitrogens is 9. The minimum Gasteiger partial charge on any atom is -0.321 e. The summed E-state index contributed by atoms with van der Waals surface area (Å²) in [6.45, 7) is 0. The van der Waals surface area contributed by atoms with E-state index in [2.05, 4.69) is 45.1 Å². The molecule has 6 heterocycles. The van der Waals surface area contributed by atoms with Crippen LogP contribution in [0.3, 0.4) is 0 Å². The second kappa shape index (κ2) is 6.73. The van der Waals surface area contributed by atoms with Crippen molar-refractivity contribution in [1.82, 2.24) is 45.1 Å². The molecular formula is C21H12FN9. The van der Waals surface area contributed by atoms with Crippen LogP contribution in [0.2, 0.25) is 0 Å². The lowest BCUT2D eigenvalue weighted by molar-refractivity contribution is 0.642. The molecule has 31 heavy (non-hydrogen) atoms. The molecule has 6 aromatic heterocycles. The molecule has 0 aliphatic carbocycles. The van der Waals surface area contributed by atoms with Crippen molar-refractivity contribution in [2.45, 2.75) is 0 Å². The van der Waals surface area contributed by atoms with Gasteiger partial charge >= 0.3 is 0 Å². The predicted molar refractivity (Wildman–Crippen MR) is 111 cm³/mol. The molecule has 10 heteroatoms. The molecule has 0 aromatic carbocycles. The summed E-state index contributed by atoms with van der Waals surface area (Å²) in [5, 5.41) is 7.27. The van der Waals surface area contributed by atoms with E-state index in [0.29, 0.717) is 33.9 Å². The molecule has 2 N–H and O–H groups in total. The van der Waals surface area contributed by atoms with Crippen LogP contribution in [0.5, 0.6) is 0 Å². The Kier molecular flexibility index (Phi) is 3.75. The maximum Gasteiger partial charge on any atom is 0.161 e. The van der Waals surface area contributed by atoms with Crippen LogP contribution >= 0.6 is 0 Å². The molecule has 148 valence electrons. The summed E-state index contributed by atoms with van der Waals surface area (Å²) in [5.41, 5.74) is 4.40. The van der Waals surface area contributed by atoms with Crippen molar-refractivity contribution in [3.05, 3.63) is 67.5 Å². The fraction of sp³-hybridized carbons (Fsp3) is 0. The molecular weight excluding hydrogens is 397 g/mol. The molecule has 0 saturated carbocycles. The Morgan fingerprint density at radius 3 is 2.52 bits per heavy atom. The van der Waals surface area contributed by atoms with Crippen molar-refractivity contribution in [1.29, 1.82) is 0 Å². The quantitative estimate of drug-likeness (QED) is 0.458. The summed E-state index contributed by atoms with van der Waals surface area (Å²) < 4.78 is 15.5. The predicted octanol–water partition coefficient (Wildman–Crippen LogP) is 3.55. The molecule has 0 unspecified atom stereocenters. The number of halogens is 1. The highest BCUT2D eigenvalue weighted by Gasteiger charge is 2.21. The lowest BCUT2D eigenvalue weighted by atomic mass is 10.1. The number of fused-ring (bicyclic) bond motifs is 2. The number of imidazole rings is 1. The van der Waals surface area contributed by atoms with Crippen molar-refractivity contribution < 1.29 is 4.39 Å². The monoisotopic (exact) mass is 409 g/mol. The topological polar surface area (TPSA) is 122 Å². The fourth-order valence-corrected chi connectivity index (χ4v) is 3.54. The smallest absolute Gasteiger partial charge is 0.161 e. The maximum absolute atomic E-state index is 15.5. The molecule has 0 radical (unpaired) electrons. The zero-order valence-electron chi connectivity index (χ0n) is 15.8. The van der Waals surface area contributed by atoms with Gasteiger partial charge in [-0.05, 0) is 12.1 Å². The Bertz CT molecular complexity index is 1540. The third-order valence-corrected chi connectivity index (χ3v) is 4.98. The van der Waals surface area contributed by atoms with Crippen LogP contribution in [0.25, 0.3) is 56.0 Å². The highest BCUT2D eigenvalue weighted by molar-refractivity contribution is 5.96.